The average molecular weight is 388 g/mol. The summed E-state index contributed by atoms with van der Waals surface area (Å²) in [6, 6.07) is 9.39. The largest absolute Gasteiger partial charge is 0.462 e. The van der Waals surface area contributed by atoms with Crippen LogP contribution in [0.5, 0.6) is 0 Å². The standard InChI is InChI=1S/C21H26N2O3S/c1-4-26-21(25)17-15-12-8-9-13-16(15)27-20(17)22-19(24)18(23(2)3)14-10-6-5-7-11-14/h5-7,10-11,18H,4,8-9,12-13H2,1-3H3,(H,22,24)/p+1/t18-/m1/s1. The van der Waals surface area contributed by atoms with Crippen LogP contribution in [0.25, 0.3) is 0 Å². The first-order valence-electron chi connectivity index (χ1n) is 9.50. The quantitative estimate of drug-likeness (QED) is 0.749. The number of ether oxygens (including phenoxy) is 1. The second-order valence-corrected chi connectivity index (χ2v) is 8.15. The van der Waals surface area contributed by atoms with Crippen LogP contribution in [-0.2, 0) is 22.4 Å². The van der Waals surface area contributed by atoms with E-state index in [0.29, 0.717) is 17.2 Å². The van der Waals surface area contributed by atoms with Crippen LogP contribution in [0, 0.1) is 0 Å². The van der Waals surface area contributed by atoms with Crippen LogP contribution in [0.4, 0.5) is 5.00 Å². The molecular formula is C21H27N2O3S+. The summed E-state index contributed by atoms with van der Waals surface area (Å²) in [4.78, 5) is 27.9. The molecule has 3 rings (SSSR count). The maximum atomic E-state index is 13.1. The first-order valence-corrected chi connectivity index (χ1v) is 10.3. The van der Waals surface area contributed by atoms with E-state index >= 15 is 0 Å². The molecule has 1 atom stereocenters. The fraction of sp³-hybridized carbons (Fsp3) is 0.429. The van der Waals surface area contributed by atoms with Gasteiger partial charge in [-0.3, -0.25) is 4.79 Å². The number of rotatable bonds is 6. The van der Waals surface area contributed by atoms with Crippen molar-refractivity contribution < 1.29 is 19.2 Å². The highest BCUT2D eigenvalue weighted by molar-refractivity contribution is 7.17. The van der Waals surface area contributed by atoms with Crippen LogP contribution in [0.2, 0.25) is 0 Å². The molecule has 0 fully saturated rings. The average Bonchev–Trinajstić information content (AvgIpc) is 3.00. The first kappa shape index (κ1) is 19.6. The number of fused-ring (bicyclic) bond motifs is 1. The Morgan fingerprint density at radius 1 is 1.19 bits per heavy atom. The van der Waals surface area contributed by atoms with Crippen LogP contribution in [0.3, 0.4) is 0 Å². The Labute approximate surface area is 164 Å². The van der Waals surface area contributed by atoms with Crippen molar-refractivity contribution in [3.05, 3.63) is 51.9 Å². The Kier molecular flexibility index (Phi) is 6.29. The van der Waals surface area contributed by atoms with E-state index in [1.165, 1.54) is 16.2 Å². The zero-order valence-corrected chi connectivity index (χ0v) is 16.9. The minimum Gasteiger partial charge on any atom is -0.462 e. The van der Waals surface area contributed by atoms with Crippen LogP contribution in [0.15, 0.2) is 30.3 Å². The third-order valence-corrected chi connectivity index (χ3v) is 6.07. The number of quaternary nitrogens is 1. The summed E-state index contributed by atoms with van der Waals surface area (Å²) in [6.07, 6.45) is 4.02. The Balaban J connectivity index is 1.93. The number of nitrogens with one attached hydrogen (secondary N) is 2. The SMILES string of the molecule is CCOC(=O)c1c(NC(=O)[C@@H](c2ccccc2)[NH+](C)C)sc2c1CCCC2. The predicted molar refractivity (Wildman–Crippen MR) is 108 cm³/mol. The van der Waals surface area contributed by atoms with Crippen molar-refractivity contribution >= 4 is 28.2 Å². The summed E-state index contributed by atoms with van der Waals surface area (Å²) in [5.41, 5.74) is 2.58. The van der Waals surface area contributed by atoms with Gasteiger partial charge in [-0.25, -0.2) is 4.79 Å². The van der Waals surface area contributed by atoms with E-state index in [-0.39, 0.29) is 17.9 Å². The second-order valence-electron chi connectivity index (χ2n) is 7.05. The van der Waals surface area contributed by atoms with E-state index in [9.17, 15) is 9.59 Å². The van der Waals surface area contributed by atoms with Gasteiger partial charge in [0.2, 0.25) is 0 Å². The van der Waals surface area contributed by atoms with Crippen LogP contribution < -0.4 is 10.2 Å². The number of hydrogen-bond donors (Lipinski definition) is 2. The van der Waals surface area contributed by atoms with E-state index < -0.39 is 0 Å². The minimum absolute atomic E-state index is 0.106. The zero-order chi connectivity index (χ0) is 19.4. The molecule has 1 amide bonds. The summed E-state index contributed by atoms with van der Waals surface area (Å²) in [5, 5.41) is 3.68. The van der Waals surface area contributed by atoms with Crippen molar-refractivity contribution in [2.24, 2.45) is 0 Å². The lowest BCUT2D eigenvalue weighted by Crippen LogP contribution is -3.07. The molecule has 1 aliphatic carbocycles. The molecule has 0 aliphatic heterocycles. The van der Waals surface area contributed by atoms with Gasteiger partial charge in [-0.1, -0.05) is 30.3 Å². The highest BCUT2D eigenvalue weighted by Gasteiger charge is 2.31. The molecule has 0 spiro atoms. The molecule has 27 heavy (non-hydrogen) atoms. The van der Waals surface area contributed by atoms with Crippen LogP contribution in [0.1, 0.15) is 52.2 Å². The maximum Gasteiger partial charge on any atom is 0.341 e. The molecule has 0 bridgehead atoms. The highest BCUT2D eigenvalue weighted by Crippen LogP contribution is 2.38. The second kappa shape index (κ2) is 8.67. The first-order chi connectivity index (χ1) is 13.0. The Hall–Kier alpha value is -2.18. The smallest absolute Gasteiger partial charge is 0.341 e. The van der Waals surface area contributed by atoms with E-state index in [1.807, 2.05) is 44.4 Å². The van der Waals surface area contributed by atoms with Gasteiger partial charge in [0.05, 0.1) is 26.3 Å². The third-order valence-electron chi connectivity index (χ3n) is 4.86. The van der Waals surface area contributed by atoms with Gasteiger partial charge in [-0.2, -0.15) is 0 Å². The number of likely N-dealkylation sites (N-methyl/N-ethyl adjacent to an activating group) is 1. The fourth-order valence-corrected chi connectivity index (χ4v) is 4.93. The monoisotopic (exact) mass is 387 g/mol. The molecule has 5 nitrogen and oxygen atoms in total. The van der Waals surface area contributed by atoms with Crippen molar-refractivity contribution in [3.63, 3.8) is 0 Å². The lowest BCUT2D eigenvalue weighted by molar-refractivity contribution is -0.881. The van der Waals surface area contributed by atoms with Gasteiger partial charge < -0.3 is 15.0 Å². The number of thiophene rings is 1. The van der Waals surface area contributed by atoms with Crippen LogP contribution in [-0.4, -0.2) is 32.6 Å². The van der Waals surface area contributed by atoms with Crippen molar-refractivity contribution in [2.75, 3.05) is 26.0 Å². The Morgan fingerprint density at radius 3 is 2.56 bits per heavy atom. The summed E-state index contributed by atoms with van der Waals surface area (Å²) in [5.74, 6) is -0.439. The number of esters is 1. The molecule has 0 unspecified atom stereocenters. The maximum absolute atomic E-state index is 13.1. The fourth-order valence-electron chi connectivity index (χ4n) is 3.65. The summed E-state index contributed by atoms with van der Waals surface area (Å²) in [7, 11) is 3.92. The Morgan fingerprint density at radius 2 is 1.89 bits per heavy atom. The van der Waals surface area contributed by atoms with Crippen molar-refractivity contribution in [1.82, 2.24) is 0 Å². The van der Waals surface area contributed by atoms with Gasteiger partial charge in [0.25, 0.3) is 5.91 Å². The summed E-state index contributed by atoms with van der Waals surface area (Å²) >= 11 is 1.53. The van der Waals surface area contributed by atoms with E-state index in [1.54, 1.807) is 6.92 Å². The molecular weight excluding hydrogens is 360 g/mol. The molecule has 1 aromatic carbocycles. The molecule has 1 aliphatic rings. The normalized spacial score (nSPS) is 14.5. The van der Waals surface area contributed by atoms with Gasteiger partial charge in [0, 0.05) is 10.4 Å². The zero-order valence-electron chi connectivity index (χ0n) is 16.1. The van der Waals surface area contributed by atoms with Crippen molar-refractivity contribution in [2.45, 2.75) is 38.6 Å². The number of carbonyl (C=O) groups excluding carboxylic acids is 2. The highest BCUT2D eigenvalue weighted by atomic mass is 32.1. The molecule has 0 saturated carbocycles. The number of amides is 1. The van der Waals surface area contributed by atoms with Gasteiger partial charge in [0.15, 0.2) is 6.04 Å². The molecule has 0 radical (unpaired) electrons. The van der Waals surface area contributed by atoms with Gasteiger partial charge >= 0.3 is 5.97 Å². The van der Waals surface area contributed by atoms with Crippen molar-refractivity contribution in [1.29, 1.82) is 0 Å². The minimum atomic E-state index is -0.347. The number of carbonyl (C=O) groups is 2. The molecule has 2 aromatic rings. The van der Waals surface area contributed by atoms with Gasteiger partial charge in [-0.05, 0) is 38.2 Å². The topological polar surface area (TPSA) is 59.8 Å². The molecule has 6 heteroatoms. The molecule has 144 valence electrons. The van der Waals surface area contributed by atoms with Gasteiger partial charge in [-0.15, -0.1) is 11.3 Å². The lowest BCUT2D eigenvalue weighted by Gasteiger charge is -2.21. The molecule has 1 heterocycles. The predicted octanol–water partition coefficient (Wildman–Crippen LogP) is 2.63. The third kappa shape index (κ3) is 4.22. The number of anilines is 1. The molecule has 0 saturated heterocycles. The summed E-state index contributed by atoms with van der Waals surface area (Å²) in [6.45, 7) is 2.13. The number of aryl methyl sites for hydroxylation is 1. The van der Waals surface area contributed by atoms with E-state index in [0.717, 1.165) is 41.7 Å². The molecule has 1 aromatic heterocycles. The van der Waals surface area contributed by atoms with Crippen LogP contribution >= 0.6 is 11.3 Å². The summed E-state index contributed by atoms with van der Waals surface area (Å²) < 4.78 is 5.28. The van der Waals surface area contributed by atoms with E-state index in [2.05, 4.69) is 5.32 Å². The lowest BCUT2D eigenvalue weighted by atomic mass is 9.95. The molecule has 2 N–H and O–H groups in total. The Bertz CT molecular complexity index is 814. The van der Waals surface area contributed by atoms with Gasteiger partial charge in [0.1, 0.15) is 5.00 Å². The van der Waals surface area contributed by atoms with Crippen molar-refractivity contribution in [3.8, 4) is 0 Å². The number of benzene rings is 1. The van der Waals surface area contributed by atoms with E-state index in [4.69, 9.17) is 4.74 Å². The number of hydrogen-bond acceptors (Lipinski definition) is 4.